The third kappa shape index (κ3) is 4.46. The monoisotopic (exact) mass is 448 g/mol. The number of hydrogen-bond acceptors (Lipinski definition) is 10. The lowest BCUT2D eigenvalue weighted by Crippen LogP contribution is -2.54. The summed E-state index contributed by atoms with van der Waals surface area (Å²) in [6.45, 7) is -0.710. The van der Waals surface area contributed by atoms with Crippen molar-refractivity contribution in [2.24, 2.45) is 0 Å². The van der Waals surface area contributed by atoms with E-state index in [4.69, 9.17) is 18.9 Å². The molecule has 2 aromatic carbocycles. The summed E-state index contributed by atoms with van der Waals surface area (Å²) < 4.78 is 23.2. The number of aliphatic hydroxyl groups is 2. The van der Waals surface area contributed by atoms with Crippen LogP contribution in [0.1, 0.15) is 23.7 Å². The highest BCUT2D eigenvalue weighted by molar-refractivity contribution is 5.36. The van der Waals surface area contributed by atoms with Crippen molar-refractivity contribution in [3.8, 4) is 0 Å². The van der Waals surface area contributed by atoms with Crippen LogP contribution in [0.4, 0.5) is 11.4 Å². The number of fused-ring (bicyclic) bond motifs is 1. The fourth-order valence-corrected chi connectivity index (χ4v) is 3.69. The standard InChI is InChI=1S/C20H20N2O10/c23-9-16-18-17(31-20(30-16)12-4-2-6-14(8-12)22(27)28)15(24)10-29-19(32-18)11-3-1-5-13(7-11)21(25)26/h1-8,15-20,23-24H,9-10H2/t15-,16+,17+,18+,19?,20?/m0/s1. The smallest absolute Gasteiger partial charge is 0.269 e. The van der Waals surface area contributed by atoms with E-state index in [-0.39, 0.29) is 18.0 Å². The molecule has 2 aliphatic heterocycles. The van der Waals surface area contributed by atoms with Crippen LogP contribution in [0.3, 0.4) is 0 Å². The number of rotatable bonds is 5. The summed E-state index contributed by atoms with van der Waals surface area (Å²) in [7, 11) is 0. The summed E-state index contributed by atoms with van der Waals surface area (Å²) >= 11 is 0. The third-order valence-electron chi connectivity index (χ3n) is 5.23. The number of nitrogens with zero attached hydrogens (tertiary/aromatic N) is 2. The van der Waals surface area contributed by atoms with Crippen LogP contribution in [0, 0.1) is 20.2 Å². The molecule has 2 heterocycles. The topological polar surface area (TPSA) is 164 Å². The lowest BCUT2D eigenvalue weighted by molar-refractivity contribution is -0.385. The minimum Gasteiger partial charge on any atom is -0.394 e. The van der Waals surface area contributed by atoms with Crippen molar-refractivity contribution >= 4 is 11.4 Å². The molecule has 2 aliphatic rings. The minimum atomic E-state index is -1.18. The van der Waals surface area contributed by atoms with Gasteiger partial charge in [-0.3, -0.25) is 20.2 Å². The van der Waals surface area contributed by atoms with Crippen LogP contribution in [-0.4, -0.2) is 57.7 Å². The highest BCUT2D eigenvalue weighted by Crippen LogP contribution is 2.38. The third-order valence-corrected chi connectivity index (χ3v) is 5.23. The average molecular weight is 448 g/mol. The first-order valence-electron chi connectivity index (χ1n) is 9.73. The van der Waals surface area contributed by atoms with E-state index < -0.39 is 53.4 Å². The summed E-state index contributed by atoms with van der Waals surface area (Å²) in [6.07, 6.45) is -6.28. The molecule has 2 N–H and O–H groups in total. The van der Waals surface area contributed by atoms with Crippen molar-refractivity contribution < 1.29 is 39.0 Å². The molecular formula is C20H20N2O10. The first kappa shape index (κ1) is 22.2. The van der Waals surface area contributed by atoms with Crippen LogP contribution in [0.2, 0.25) is 0 Å². The Hall–Kier alpha value is -3.00. The minimum absolute atomic E-state index is 0.156. The zero-order valence-electron chi connectivity index (χ0n) is 16.6. The largest absolute Gasteiger partial charge is 0.394 e. The Kier molecular flexibility index (Phi) is 6.41. The second kappa shape index (κ2) is 9.24. The van der Waals surface area contributed by atoms with Gasteiger partial charge in [-0.1, -0.05) is 24.3 Å². The number of nitro groups is 2. The molecule has 2 unspecified atom stereocenters. The lowest BCUT2D eigenvalue weighted by atomic mass is 10.0. The van der Waals surface area contributed by atoms with E-state index in [2.05, 4.69) is 0 Å². The highest BCUT2D eigenvalue weighted by Gasteiger charge is 2.47. The van der Waals surface area contributed by atoms with Crippen LogP contribution in [0.5, 0.6) is 0 Å². The zero-order valence-corrected chi connectivity index (χ0v) is 16.6. The molecule has 0 saturated carbocycles. The molecule has 6 atom stereocenters. The molecule has 0 radical (unpaired) electrons. The van der Waals surface area contributed by atoms with Crippen molar-refractivity contribution in [1.82, 2.24) is 0 Å². The Bertz CT molecular complexity index is 946. The Morgan fingerprint density at radius 3 is 2.00 bits per heavy atom. The fraction of sp³-hybridized carbons (Fsp3) is 0.400. The molecule has 0 spiro atoms. The second-order valence-electron chi connectivity index (χ2n) is 7.33. The Balaban J connectivity index is 1.60. The van der Waals surface area contributed by atoms with Gasteiger partial charge in [-0.15, -0.1) is 0 Å². The van der Waals surface area contributed by atoms with Gasteiger partial charge in [-0.2, -0.15) is 0 Å². The molecule has 0 aliphatic carbocycles. The summed E-state index contributed by atoms with van der Waals surface area (Å²) in [5.74, 6) is 0. The molecule has 12 nitrogen and oxygen atoms in total. The van der Waals surface area contributed by atoms with Gasteiger partial charge < -0.3 is 29.2 Å². The first-order chi connectivity index (χ1) is 15.4. The summed E-state index contributed by atoms with van der Waals surface area (Å²) in [4.78, 5) is 21.1. The van der Waals surface area contributed by atoms with E-state index in [9.17, 15) is 30.4 Å². The predicted molar refractivity (Wildman–Crippen MR) is 105 cm³/mol. The Morgan fingerprint density at radius 2 is 1.44 bits per heavy atom. The maximum absolute atomic E-state index is 11.1. The molecular weight excluding hydrogens is 428 g/mol. The number of non-ortho nitro benzene ring substituents is 2. The van der Waals surface area contributed by atoms with Gasteiger partial charge in [0.05, 0.1) is 23.1 Å². The predicted octanol–water partition coefficient (Wildman–Crippen LogP) is 1.75. The van der Waals surface area contributed by atoms with Gasteiger partial charge in [-0.05, 0) is 0 Å². The Labute approximate surface area is 181 Å². The van der Waals surface area contributed by atoms with E-state index in [1.165, 1.54) is 36.4 Å². The van der Waals surface area contributed by atoms with Crippen LogP contribution >= 0.6 is 0 Å². The average Bonchev–Trinajstić information content (AvgIpc) is 2.97. The number of aliphatic hydroxyl groups excluding tert-OH is 2. The van der Waals surface area contributed by atoms with Gasteiger partial charge >= 0.3 is 0 Å². The highest BCUT2D eigenvalue weighted by atomic mass is 16.8. The van der Waals surface area contributed by atoms with Gasteiger partial charge in [0.25, 0.3) is 11.4 Å². The van der Waals surface area contributed by atoms with Gasteiger partial charge in [0, 0.05) is 35.4 Å². The summed E-state index contributed by atoms with van der Waals surface area (Å²) in [5.41, 5.74) is 0.369. The number of nitro benzene ring substituents is 2. The molecule has 0 bridgehead atoms. The molecule has 2 fully saturated rings. The van der Waals surface area contributed by atoms with E-state index in [1.807, 2.05) is 0 Å². The Morgan fingerprint density at radius 1 is 0.875 bits per heavy atom. The van der Waals surface area contributed by atoms with Gasteiger partial charge in [0.2, 0.25) is 0 Å². The molecule has 2 aromatic rings. The molecule has 32 heavy (non-hydrogen) atoms. The molecule has 0 aromatic heterocycles. The van der Waals surface area contributed by atoms with Crippen molar-refractivity contribution in [3.63, 3.8) is 0 Å². The van der Waals surface area contributed by atoms with Crippen molar-refractivity contribution in [1.29, 1.82) is 0 Å². The molecule has 170 valence electrons. The van der Waals surface area contributed by atoms with Crippen molar-refractivity contribution in [2.45, 2.75) is 37.0 Å². The molecule has 0 amide bonds. The molecule has 12 heteroatoms. The number of benzene rings is 2. The van der Waals surface area contributed by atoms with Crippen molar-refractivity contribution in [3.05, 3.63) is 79.9 Å². The summed E-state index contributed by atoms with van der Waals surface area (Å²) in [5, 5.41) is 42.7. The summed E-state index contributed by atoms with van der Waals surface area (Å²) in [6, 6.07) is 11.3. The van der Waals surface area contributed by atoms with E-state index >= 15 is 0 Å². The normalized spacial score (nSPS) is 30.2. The molecule has 2 saturated heterocycles. The van der Waals surface area contributed by atoms with E-state index in [1.54, 1.807) is 12.1 Å². The van der Waals surface area contributed by atoms with E-state index in [0.717, 1.165) is 0 Å². The van der Waals surface area contributed by atoms with Gasteiger partial charge in [0.1, 0.15) is 24.4 Å². The second-order valence-corrected chi connectivity index (χ2v) is 7.33. The lowest BCUT2D eigenvalue weighted by Gasteiger charge is -2.41. The van der Waals surface area contributed by atoms with Crippen LogP contribution in [0.15, 0.2) is 48.5 Å². The van der Waals surface area contributed by atoms with Crippen LogP contribution in [0.25, 0.3) is 0 Å². The number of hydrogen-bond donors (Lipinski definition) is 2. The SMILES string of the molecule is O=[N+]([O-])c1cccc(C2OC[C@H](O)[C@H]3OC(c4cccc([N+](=O)[O-])c4)O[C@H](CO)[C@H]3O2)c1. The van der Waals surface area contributed by atoms with Gasteiger partial charge in [-0.25, -0.2) is 0 Å². The zero-order chi connectivity index (χ0) is 22.8. The van der Waals surface area contributed by atoms with Crippen LogP contribution in [-0.2, 0) is 18.9 Å². The van der Waals surface area contributed by atoms with Gasteiger partial charge in [0.15, 0.2) is 12.6 Å². The maximum atomic E-state index is 11.1. The first-order valence-corrected chi connectivity index (χ1v) is 9.73. The quantitative estimate of drug-likeness (QED) is 0.509. The maximum Gasteiger partial charge on any atom is 0.269 e. The number of ether oxygens (including phenoxy) is 4. The molecule has 4 rings (SSSR count). The van der Waals surface area contributed by atoms with E-state index in [0.29, 0.717) is 11.1 Å². The fourth-order valence-electron chi connectivity index (χ4n) is 3.69. The van der Waals surface area contributed by atoms with Crippen molar-refractivity contribution in [2.75, 3.05) is 13.2 Å². The van der Waals surface area contributed by atoms with Crippen LogP contribution < -0.4 is 0 Å².